The lowest BCUT2D eigenvalue weighted by Crippen LogP contribution is -2.28. The molecule has 142 valence electrons. The van der Waals surface area contributed by atoms with E-state index in [0.29, 0.717) is 5.52 Å². The Kier molecular flexibility index (Phi) is 7.82. The van der Waals surface area contributed by atoms with E-state index in [2.05, 4.69) is 23.7 Å². The summed E-state index contributed by atoms with van der Waals surface area (Å²) in [6.45, 7) is 8.36. The van der Waals surface area contributed by atoms with E-state index >= 15 is 0 Å². The number of nitrogens with zero attached hydrogens (tertiary/aromatic N) is 2. The first kappa shape index (κ1) is 20.6. The zero-order valence-corrected chi connectivity index (χ0v) is 16.4. The van der Waals surface area contributed by atoms with Gasteiger partial charge in [-0.25, -0.2) is 4.79 Å². The number of hydrogen-bond donors (Lipinski definition) is 2. The highest BCUT2D eigenvalue weighted by molar-refractivity contribution is 6.36. The number of aromatic nitrogens is 1. The van der Waals surface area contributed by atoms with Crippen LogP contribution in [0.4, 0.5) is 0 Å². The van der Waals surface area contributed by atoms with Gasteiger partial charge in [0.1, 0.15) is 0 Å². The molecule has 1 aromatic carbocycles. The van der Waals surface area contributed by atoms with E-state index in [4.69, 9.17) is 22.4 Å². The molecule has 0 fully saturated rings. The Morgan fingerprint density at radius 1 is 1.27 bits per heavy atom. The third kappa shape index (κ3) is 4.93. The molecule has 3 rings (SSSR count). The van der Waals surface area contributed by atoms with E-state index in [1.807, 2.05) is 0 Å². The molecule has 1 aliphatic carbocycles. The quantitative estimate of drug-likeness (QED) is 0.829. The number of pyridine rings is 1. The number of fused-ring (bicyclic) bond motifs is 2. The highest BCUT2D eigenvalue weighted by atomic mass is 35.5. The van der Waals surface area contributed by atoms with Crippen molar-refractivity contribution in [3.05, 3.63) is 40.0 Å². The Balaban J connectivity index is 0.000000260. The van der Waals surface area contributed by atoms with Crippen LogP contribution in [-0.2, 0) is 12.8 Å². The van der Waals surface area contributed by atoms with Crippen molar-refractivity contribution in [1.82, 2.24) is 9.88 Å². The fraction of sp³-hybridized carbons (Fsp3) is 0.500. The van der Waals surface area contributed by atoms with Gasteiger partial charge >= 0.3 is 5.97 Å². The van der Waals surface area contributed by atoms with Crippen molar-refractivity contribution in [3.8, 4) is 0 Å². The summed E-state index contributed by atoms with van der Waals surface area (Å²) in [5.41, 5.74) is 8.44. The molecule has 1 aliphatic rings. The van der Waals surface area contributed by atoms with E-state index in [9.17, 15) is 4.79 Å². The molecule has 0 unspecified atom stereocenters. The van der Waals surface area contributed by atoms with Crippen molar-refractivity contribution in [1.29, 1.82) is 0 Å². The second kappa shape index (κ2) is 9.86. The summed E-state index contributed by atoms with van der Waals surface area (Å²) in [5.74, 6) is -0.937. The van der Waals surface area contributed by atoms with Crippen LogP contribution in [0.25, 0.3) is 10.9 Å². The summed E-state index contributed by atoms with van der Waals surface area (Å²) in [4.78, 5) is 17.8. The van der Waals surface area contributed by atoms with Crippen LogP contribution < -0.4 is 5.73 Å². The molecule has 6 heteroatoms. The smallest absolute Gasteiger partial charge is 0.335 e. The molecule has 0 amide bonds. The van der Waals surface area contributed by atoms with E-state index in [0.717, 1.165) is 73.5 Å². The van der Waals surface area contributed by atoms with Gasteiger partial charge < -0.3 is 15.7 Å². The molecule has 2 aromatic rings. The van der Waals surface area contributed by atoms with E-state index in [-0.39, 0.29) is 5.56 Å². The number of carboxylic acids is 1. The minimum atomic E-state index is -0.937. The number of benzene rings is 1. The average Bonchev–Trinajstić information content (AvgIpc) is 2.66. The lowest BCUT2D eigenvalue weighted by Gasteiger charge is -2.17. The van der Waals surface area contributed by atoms with E-state index in [1.165, 1.54) is 0 Å². The molecule has 0 spiro atoms. The molecule has 0 saturated heterocycles. The molecule has 26 heavy (non-hydrogen) atoms. The van der Waals surface area contributed by atoms with E-state index in [1.54, 1.807) is 18.2 Å². The Hall–Kier alpha value is -1.69. The van der Waals surface area contributed by atoms with Gasteiger partial charge in [0.15, 0.2) is 0 Å². The Morgan fingerprint density at radius 2 is 1.96 bits per heavy atom. The van der Waals surface area contributed by atoms with Crippen LogP contribution >= 0.6 is 11.6 Å². The fourth-order valence-corrected chi connectivity index (χ4v) is 3.59. The summed E-state index contributed by atoms with van der Waals surface area (Å²) < 4.78 is 0. The predicted molar refractivity (Wildman–Crippen MR) is 107 cm³/mol. The largest absolute Gasteiger partial charge is 0.478 e. The number of halogens is 1. The second-order valence-corrected chi connectivity index (χ2v) is 6.79. The van der Waals surface area contributed by atoms with Crippen molar-refractivity contribution in [2.45, 2.75) is 39.5 Å². The molecule has 0 atom stereocenters. The molecule has 1 heterocycles. The Labute approximate surface area is 160 Å². The van der Waals surface area contributed by atoms with Gasteiger partial charge in [-0.1, -0.05) is 31.5 Å². The molecule has 5 nitrogen and oxygen atoms in total. The standard InChI is InChI=1S/C14H12ClNO2.C6H16N2/c15-13-9-3-1-2-4-11(9)16-12-7-8(14(17)18)5-6-10(12)13;1-3-8(4-2)6-5-7/h5-7H,1-4H2,(H,17,18);3-7H2,1-2H3. The van der Waals surface area contributed by atoms with Crippen LogP contribution in [0.2, 0.25) is 5.02 Å². The van der Waals surface area contributed by atoms with Gasteiger partial charge in [0, 0.05) is 24.2 Å². The number of rotatable bonds is 5. The van der Waals surface area contributed by atoms with Crippen LogP contribution in [0.15, 0.2) is 18.2 Å². The van der Waals surface area contributed by atoms with Crippen LogP contribution in [0.5, 0.6) is 0 Å². The zero-order valence-electron chi connectivity index (χ0n) is 15.6. The maximum atomic E-state index is 11.0. The van der Waals surface area contributed by atoms with Gasteiger partial charge in [0.2, 0.25) is 0 Å². The zero-order chi connectivity index (χ0) is 19.1. The number of carboxylic acid groups (broad SMARTS) is 1. The maximum absolute atomic E-state index is 11.0. The van der Waals surface area contributed by atoms with Gasteiger partial charge in [-0.05, 0) is 56.5 Å². The van der Waals surface area contributed by atoms with Gasteiger partial charge in [0.25, 0.3) is 0 Å². The summed E-state index contributed by atoms with van der Waals surface area (Å²) in [7, 11) is 0. The third-order valence-corrected chi connectivity index (χ3v) is 5.21. The molecule has 0 saturated carbocycles. The minimum Gasteiger partial charge on any atom is -0.478 e. The van der Waals surface area contributed by atoms with Crippen LogP contribution in [0, 0.1) is 0 Å². The number of nitrogens with two attached hydrogens (primary N) is 1. The SMILES string of the molecule is CCN(CC)CCN.O=C(O)c1ccc2c(Cl)c3c(nc2c1)CCCC3. The predicted octanol–water partition coefficient (Wildman–Crippen LogP) is 3.75. The summed E-state index contributed by atoms with van der Waals surface area (Å²) in [6, 6.07) is 4.93. The van der Waals surface area contributed by atoms with Crippen LogP contribution in [-0.4, -0.2) is 47.1 Å². The average molecular weight is 378 g/mol. The first-order chi connectivity index (χ1) is 12.5. The first-order valence-corrected chi connectivity index (χ1v) is 9.66. The van der Waals surface area contributed by atoms with Gasteiger partial charge in [-0.15, -0.1) is 0 Å². The molecular weight excluding hydrogens is 350 g/mol. The lowest BCUT2D eigenvalue weighted by molar-refractivity contribution is 0.0697. The van der Waals surface area contributed by atoms with Gasteiger partial charge in [0.05, 0.1) is 16.1 Å². The number of hydrogen-bond acceptors (Lipinski definition) is 4. The molecule has 0 bridgehead atoms. The Bertz CT molecular complexity index is 760. The number of likely N-dealkylation sites (N-methyl/N-ethyl adjacent to an activating group) is 1. The summed E-state index contributed by atoms with van der Waals surface area (Å²) in [6.07, 6.45) is 4.17. The highest BCUT2D eigenvalue weighted by Gasteiger charge is 2.17. The monoisotopic (exact) mass is 377 g/mol. The van der Waals surface area contributed by atoms with Crippen molar-refractivity contribution in [2.75, 3.05) is 26.2 Å². The number of aryl methyl sites for hydroxylation is 1. The minimum absolute atomic E-state index is 0.252. The van der Waals surface area contributed by atoms with Gasteiger partial charge in [-0.3, -0.25) is 4.98 Å². The van der Waals surface area contributed by atoms with Crippen LogP contribution in [0.1, 0.15) is 48.3 Å². The molecule has 0 radical (unpaired) electrons. The Morgan fingerprint density at radius 3 is 2.54 bits per heavy atom. The second-order valence-electron chi connectivity index (χ2n) is 6.41. The summed E-state index contributed by atoms with van der Waals surface area (Å²) >= 11 is 6.40. The summed E-state index contributed by atoms with van der Waals surface area (Å²) in [5, 5.41) is 10.6. The molecule has 0 aliphatic heterocycles. The number of aromatic carboxylic acids is 1. The van der Waals surface area contributed by atoms with Crippen molar-refractivity contribution >= 4 is 28.5 Å². The van der Waals surface area contributed by atoms with Crippen LogP contribution in [0.3, 0.4) is 0 Å². The maximum Gasteiger partial charge on any atom is 0.335 e. The first-order valence-electron chi connectivity index (χ1n) is 9.28. The van der Waals surface area contributed by atoms with Gasteiger partial charge in [-0.2, -0.15) is 0 Å². The highest BCUT2D eigenvalue weighted by Crippen LogP contribution is 2.33. The fourth-order valence-electron chi connectivity index (χ4n) is 3.22. The molecule has 1 aromatic heterocycles. The van der Waals surface area contributed by atoms with E-state index < -0.39 is 5.97 Å². The normalized spacial score (nSPS) is 13.3. The molecule has 3 N–H and O–H groups in total. The van der Waals surface area contributed by atoms with Crippen molar-refractivity contribution in [3.63, 3.8) is 0 Å². The third-order valence-electron chi connectivity index (χ3n) is 4.78. The van der Waals surface area contributed by atoms with Crippen molar-refractivity contribution < 1.29 is 9.90 Å². The lowest BCUT2D eigenvalue weighted by atomic mass is 9.94. The topological polar surface area (TPSA) is 79.5 Å². The van der Waals surface area contributed by atoms with Crippen molar-refractivity contribution in [2.24, 2.45) is 5.73 Å². The molecular formula is C20H28ClN3O2. The number of carbonyl (C=O) groups is 1.